The van der Waals surface area contributed by atoms with Gasteiger partial charge in [-0.1, -0.05) is 6.92 Å². The fraction of sp³-hybridized carbons (Fsp3) is 0.300. The Morgan fingerprint density at radius 3 is 2.37 bits per heavy atom. The lowest BCUT2D eigenvalue weighted by molar-refractivity contribution is -0.690. The number of carbonyl (C=O) groups excluding carboxylic acids is 3. The van der Waals surface area contributed by atoms with Crippen LogP contribution in [0.15, 0.2) is 36.5 Å². The van der Waals surface area contributed by atoms with Gasteiger partial charge in [0, 0.05) is 18.6 Å². The molecule has 0 fully saturated rings. The summed E-state index contributed by atoms with van der Waals surface area (Å²) in [5, 5.41) is 2.69. The lowest BCUT2D eigenvalue weighted by atomic mass is 10.1. The zero-order valence-electron chi connectivity index (χ0n) is 15.9. The van der Waals surface area contributed by atoms with Crippen molar-refractivity contribution in [3.05, 3.63) is 58.9 Å². The molecule has 7 nitrogen and oxygen atoms in total. The predicted octanol–water partition coefficient (Wildman–Crippen LogP) is 2.06. The first-order chi connectivity index (χ1) is 12.9. The molecule has 0 aliphatic carbocycles. The second-order valence-electron chi connectivity index (χ2n) is 5.95. The first-order valence-electron chi connectivity index (χ1n) is 8.49. The molecule has 1 aromatic heterocycles. The highest BCUT2D eigenvalue weighted by molar-refractivity contribution is 6.03. The van der Waals surface area contributed by atoms with E-state index in [2.05, 4.69) is 10.1 Å². The standard InChI is InChI=1S/C20H22N2O5/c1-5-14-7-6-13(2)22(11-14)12-18(23)21-17-10-15(19(24)26-3)8-9-16(17)20(25)27-4/h6-11H,5,12H2,1-4H3/p+1. The minimum absolute atomic E-state index is 0.0722. The van der Waals surface area contributed by atoms with E-state index in [4.69, 9.17) is 4.74 Å². The Morgan fingerprint density at radius 1 is 1.04 bits per heavy atom. The second-order valence-corrected chi connectivity index (χ2v) is 5.95. The van der Waals surface area contributed by atoms with Crippen LogP contribution in [-0.2, 0) is 27.2 Å². The highest BCUT2D eigenvalue weighted by atomic mass is 16.5. The van der Waals surface area contributed by atoms with Gasteiger partial charge in [-0.25, -0.2) is 9.59 Å². The van der Waals surface area contributed by atoms with Gasteiger partial charge < -0.3 is 14.8 Å². The molecule has 0 atom stereocenters. The van der Waals surface area contributed by atoms with Gasteiger partial charge in [-0.15, -0.1) is 0 Å². The third-order valence-electron chi connectivity index (χ3n) is 4.16. The Hall–Kier alpha value is -3.22. The normalized spacial score (nSPS) is 10.2. The van der Waals surface area contributed by atoms with E-state index in [0.29, 0.717) is 0 Å². The van der Waals surface area contributed by atoms with Crippen LogP contribution in [0.4, 0.5) is 5.69 Å². The first-order valence-corrected chi connectivity index (χ1v) is 8.49. The van der Waals surface area contributed by atoms with Gasteiger partial charge in [-0.2, -0.15) is 4.57 Å². The number of amides is 1. The molecule has 0 saturated heterocycles. The summed E-state index contributed by atoms with van der Waals surface area (Å²) in [5.74, 6) is -1.51. The van der Waals surface area contributed by atoms with E-state index < -0.39 is 11.9 Å². The summed E-state index contributed by atoms with van der Waals surface area (Å²) in [7, 11) is 2.51. The van der Waals surface area contributed by atoms with Crippen LogP contribution in [0.25, 0.3) is 0 Å². The molecule has 0 radical (unpaired) electrons. The number of hydrogen-bond donors (Lipinski definition) is 1. The van der Waals surface area contributed by atoms with Gasteiger partial charge in [0.1, 0.15) is 0 Å². The highest BCUT2D eigenvalue weighted by Gasteiger charge is 2.19. The molecular weight excluding hydrogens is 348 g/mol. The maximum atomic E-state index is 12.5. The van der Waals surface area contributed by atoms with Gasteiger partial charge in [0.25, 0.3) is 5.91 Å². The zero-order valence-corrected chi connectivity index (χ0v) is 15.9. The number of anilines is 1. The van der Waals surface area contributed by atoms with Crippen LogP contribution in [0.3, 0.4) is 0 Å². The van der Waals surface area contributed by atoms with E-state index >= 15 is 0 Å². The second kappa shape index (κ2) is 8.93. The van der Waals surface area contributed by atoms with Crippen molar-refractivity contribution in [3.8, 4) is 0 Å². The van der Waals surface area contributed by atoms with Gasteiger partial charge in [-0.05, 0) is 30.7 Å². The van der Waals surface area contributed by atoms with E-state index in [-0.39, 0.29) is 29.3 Å². The molecule has 0 bridgehead atoms. The average molecular weight is 371 g/mol. The lowest BCUT2D eigenvalue weighted by Gasteiger charge is -2.11. The number of rotatable bonds is 6. The summed E-state index contributed by atoms with van der Waals surface area (Å²) in [6.07, 6.45) is 2.77. The summed E-state index contributed by atoms with van der Waals surface area (Å²) in [5.41, 5.74) is 2.61. The number of carbonyl (C=O) groups is 3. The molecule has 0 spiro atoms. The summed E-state index contributed by atoms with van der Waals surface area (Å²) >= 11 is 0. The number of pyridine rings is 1. The number of benzene rings is 1. The van der Waals surface area contributed by atoms with Crippen LogP contribution >= 0.6 is 0 Å². The number of nitrogens with one attached hydrogen (secondary N) is 1. The molecule has 0 aliphatic rings. The van der Waals surface area contributed by atoms with E-state index in [1.54, 1.807) is 0 Å². The van der Waals surface area contributed by atoms with Crippen LogP contribution in [0.1, 0.15) is 38.9 Å². The molecule has 0 aliphatic heterocycles. The molecule has 1 N–H and O–H groups in total. The van der Waals surface area contributed by atoms with Crippen LogP contribution in [-0.4, -0.2) is 32.1 Å². The van der Waals surface area contributed by atoms with Crippen molar-refractivity contribution in [2.24, 2.45) is 0 Å². The van der Waals surface area contributed by atoms with E-state index in [1.807, 2.05) is 36.7 Å². The molecule has 2 rings (SSSR count). The Balaban J connectivity index is 2.30. The number of aromatic nitrogens is 1. The number of nitrogens with zero attached hydrogens (tertiary/aromatic N) is 1. The summed E-state index contributed by atoms with van der Waals surface area (Å²) in [6.45, 7) is 4.02. The molecule has 27 heavy (non-hydrogen) atoms. The van der Waals surface area contributed by atoms with Crippen molar-refractivity contribution >= 4 is 23.5 Å². The smallest absolute Gasteiger partial charge is 0.339 e. The lowest BCUT2D eigenvalue weighted by Crippen LogP contribution is -2.43. The van der Waals surface area contributed by atoms with Gasteiger partial charge >= 0.3 is 11.9 Å². The van der Waals surface area contributed by atoms with E-state index in [1.165, 1.54) is 32.4 Å². The molecule has 0 saturated carbocycles. The van der Waals surface area contributed by atoms with E-state index in [0.717, 1.165) is 17.7 Å². The topological polar surface area (TPSA) is 85.6 Å². The predicted molar refractivity (Wildman–Crippen MR) is 98.5 cm³/mol. The molecule has 1 amide bonds. The molecule has 1 aromatic carbocycles. The molecule has 142 valence electrons. The number of aryl methyl sites for hydroxylation is 2. The Kier molecular flexibility index (Phi) is 6.65. The van der Waals surface area contributed by atoms with Crippen LogP contribution in [0.5, 0.6) is 0 Å². The quantitative estimate of drug-likeness (QED) is 0.621. The fourth-order valence-corrected chi connectivity index (χ4v) is 2.57. The summed E-state index contributed by atoms with van der Waals surface area (Å²) in [6, 6.07) is 8.22. The van der Waals surface area contributed by atoms with Gasteiger partial charge in [0.05, 0.1) is 31.0 Å². The monoisotopic (exact) mass is 371 g/mol. The van der Waals surface area contributed by atoms with Crippen LogP contribution < -0.4 is 9.88 Å². The third-order valence-corrected chi connectivity index (χ3v) is 4.16. The average Bonchev–Trinajstić information content (AvgIpc) is 2.68. The van der Waals surface area contributed by atoms with Crippen molar-refractivity contribution in [1.82, 2.24) is 0 Å². The Labute approximate surface area is 157 Å². The SMILES string of the molecule is CCc1ccc(C)[n+](CC(=O)Nc2cc(C(=O)OC)ccc2C(=O)OC)c1. The number of esters is 2. The highest BCUT2D eigenvalue weighted by Crippen LogP contribution is 2.19. The van der Waals surface area contributed by atoms with Crippen molar-refractivity contribution in [2.75, 3.05) is 19.5 Å². The number of hydrogen-bond acceptors (Lipinski definition) is 5. The number of methoxy groups -OCH3 is 2. The van der Waals surface area contributed by atoms with Gasteiger partial charge in [-0.3, -0.25) is 4.79 Å². The summed E-state index contributed by atoms with van der Waals surface area (Å²) in [4.78, 5) is 36.3. The van der Waals surface area contributed by atoms with Crippen molar-refractivity contribution in [3.63, 3.8) is 0 Å². The fourth-order valence-electron chi connectivity index (χ4n) is 2.57. The number of ether oxygens (including phenoxy) is 2. The van der Waals surface area contributed by atoms with Crippen molar-refractivity contribution in [1.29, 1.82) is 0 Å². The molecular formula is C20H23N2O5+. The molecule has 0 unspecified atom stereocenters. The molecule has 2 aromatic rings. The Bertz CT molecular complexity index is 877. The third kappa shape index (κ3) is 4.91. The Morgan fingerprint density at radius 2 is 1.74 bits per heavy atom. The van der Waals surface area contributed by atoms with Gasteiger partial charge in [0.15, 0.2) is 11.9 Å². The summed E-state index contributed by atoms with van der Waals surface area (Å²) < 4.78 is 11.3. The maximum Gasteiger partial charge on any atom is 0.339 e. The van der Waals surface area contributed by atoms with Crippen LogP contribution in [0, 0.1) is 6.92 Å². The van der Waals surface area contributed by atoms with Crippen molar-refractivity contribution < 1.29 is 28.4 Å². The van der Waals surface area contributed by atoms with Crippen LogP contribution in [0.2, 0.25) is 0 Å². The largest absolute Gasteiger partial charge is 0.465 e. The zero-order chi connectivity index (χ0) is 20.0. The minimum atomic E-state index is -0.612. The molecule has 1 heterocycles. The van der Waals surface area contributed by atoms with Crippen molar-refractivity contribution in [2.45, 2.75) is 26.8 Å². The maximum absolute atomic E-state index is 12.5. The molecule has 7 heteroatoms. The van der Waals surface area contributed by atoms with E-state index in [9.17, 15) is 14.4 Å². The van der Waals surface area contributed by atoms with Gasteiger partial charge in [0.2, 0.25) is 6.54 Å². The first kappa shape index (κ1) is 20.1. The minimum Gasteiger partial charge on any atom is -0.465 e.